The van der Waals surface area contributed by atoms with Crippen LogP contribution in [0.3, 0.4) is 0 Å². The van der Waals surface area contributed by atoms with Crippen LogP contribution in [-0.2, 0) is 15.6 Å². The van der Waals surface area contributed by atoms with Crippen molar-refractivity contribution in [3.05, 3.63) is 53.7 Å². The topological polar surface area (TPSA) is 67.0 Å². The Kier molecular flexibility index (Phi) is 4.39. The zero-order valence-corrected chi connectivity index (χ0v) is 12.1. The number of aromatic nitrogens is 1. The number of rotatable bonds is 6. The highest BCUT2D eigenvalue weighted by Gasteiger charge is 2.23. The minimum absolute atomic E-state index is 0.0276. The van der Waals surface area contributed by atoms with Crippen molar-refractivity contribution < 1.29 is 13.2 Å². The van der Waals surface area contributed by atoms with Crippen molar-refractivity contribution in [3.8, 4) is 0 Å². The van der Waals surface area contributed by atoms with Crippen LogP contribution >= 0.6 is 0 Å². The molecule has 1 aromatic heterocycles. The number of Topliss-reactive ketones (excluding diaryl/α,β-unsaturated/α-hetero) is 1. The van der Waals surface area contributed by atoms with Crippen molar-refractivity contribution in [3.63, 3.8) is 0 Å². The van der Waals surface area contributed by atoms with Gasteiger partial charge in [-0.2, -0.15) is 0 Å². The summed E-state index contributed by atoms with van der Waals surface area (Å²) in [5, 5.41) is 0.0276. The first-order chi connectivity index (χ1) is 9.54. The van der Waals surface area contributed by atoms with Crippen LogP contribution < -0.4 is 0 Å². The largest absolute Gasteiger partial charge is 0.352 e. The van der Waals surface area contributed by atoms with Crippen LogP contribution in [0.25, 0.3) is 0 Å². The number of hydrogen-bond donors (Lipinski definition) is 1. The van der Waals surface area contributed by atoms with Crippen molar-refractivity contribution in [2.45, 2.75) is 30.5 Å². The predicted molar refractivity (Wildman–Crippen MR) is 77.4 cm³/mol. The molecule has 20 heavy (non-hydrogen) atoms. The van der Waals surface area contributed by atoms with Gasteiger partial charge in [0.05, 0.1) is 11.3 Å². The first kappa shape index (κ1) is 14.5. The number of ketones is 1. The summed E-state index contributed by atoms with van der Waals surface area (Å²) in [6.07, 6.45) is 2.55. The molecule has 0 amide bonds. The van der Waals surface area contributed by atoms with Crippen molar-refractivity contribution in [2.75, 3.05) is 0 Å². The maximum Gasteiger partial charge on any atom is 0.198 e. The fourth-order valence-corrected chi connectivity index (χ4v) is 3.60. The van der Waals surface area contributed by atoms with E-state index in [9.17, 15) is 13.2 Å². The summed E-state index contributed by atoms with van der Waals surface area (Å²) >= 11 is 0. The fourth-order valence-electron chi connectivity index (χ4n) is 2.06. The number of aromatic amines is 1. The van der Waals surface area contributed by atoms with Crippen molar-refractivity contribution >= 4 is 15.6 Å². The summed E-state index contributed by atoms with van der Waals surface area (Å²) in [6, 6.07) is 10.5. The standard InChI is InChI=1S/C15H17NO3S/c1-2-6-14(17)13-9-10-16-15(13)20(18,19)11-12-7-4-3-5-8-12/h3-5,7-10,16H,2,6,11H2,1H3. The third-order valence-corrected chi connectivity index (χ3v) is 4.67. The van der Waals surface area contributed by atoms with E-state index in [1.807, 2.05) is 13.0 Å². The highest BCUT2D eigenvalue weighted by Crippen LogP contribution is 2.20. The van der Waals surface area contributed by atoms with Crippen molar-refractivity contribution in [2.24, 2.45) is 0 Å². The van der Waals surface area contributed by atoms with Crippen LogP contribution in [0.5, 0.6) is 0 Å². The molecule has 0 atom stereocenters. The Hall–Kier alpha value is -1.88. The monoisotopic (exact) mass is 291 g/mol. The summed E-state index contributed by atoms with van der Waals surface area (Å²) in [7, 11) is -3.54. The Labute approximate surface area is 118 Å². The van der Waals surface area contributed by atoms with E-state index in [1.54, 1.807) is 24.3 Å². The number of benzene rings is 1. The van der Waals surface area contributed by atoms with E-state index < -0.39 is 9.84 Å². The lowest BCUT2D eigenvalue weighted by atomic mass is 10.1. The van der Waals surface area contributed by atoms with E-state index >= 15 is 0 Å². The lowest BCUT2D eigenvalue weighted by molar-refractivity contribution is 0.0978. The lowest BCUT2D eigenvalue weighted by Gasteiger charge is -2.05. The Morgan fingerprint density at radius 2 is 1.85 bits per heavy atom. The second-order valence-electron chi connectivity index (χ2n) is 4.64. The van der Waals surface area contributed by atoms with Gasteiger partial charge in [-0.25, -0.2) is 8.42 Å². The average molecular weight is 291 g/mol. The van der Waals surface area contributed by atoms with E-state index in [0.717, 1.165) is 0 Å². The van der Waals surface area contributed by atoms with E-state index in [1.165, 1.54) is 12.3 Å². The second kappa shape index (κ2) is 6.05. The third-order valence-electron chi connectivity index (χ3n) is 3.00. The van der Waals surface area contributed by atoms with Gasteiger partial charge in [0.15, 0.2) is 15.6 Å². The molecule has 106 valence electrons. The zero-order chi connectivity index (χ0) is 14.6. The van der Waals surface area contributed by atoms with Gasteiger partial charge in [-0.1, -0.05) is 37.3 Å². The van der Waals surface area contributed by atoms with Gasteiger partial charge in [-0.3, -0.25) is 4.79 Å². The number of carbonyl (C=O) groups excluding carboxylic acids is 1. The smallest absolute Gasteiger partial charge is 0.198 e. The molecule has 0 unspecified atom stereocenters. The molecule has 0 aliphatic rings. The molecule has 0 saturated carbocycles. The van der Waals surface area contributed by atoms with Gasteiger partial charge in [0.1, 0.15) is 5.03 Å². The van der Waals surface area contributed by atoms with Crippen LogP contribution in [0.15, 0.2) is 47.6 Å². The number of carbonyl (C=O) groups is 1. The number of hydrogen-bond acceptors (Lipinski definition) is 3. The quantitative estimate of drug-likeness (QED) is 0.832. The molecule has 0 saturated heterocycles. The SMILES string of the molecule is CCCC(=O)c1cc[nH]c1S(=O)(=O)Cc1ccccc1. The lowest BCUT2D eigenvalue weighted by Crippen LogP contribution is -2.10. The summed E-state index contributed by atoms with van der Waals surface area (Å²) in [6.45, 7) is 1.89. The zero-order valence-electron chi connectivity index (χ0n) is 11.3. The van der Waals surface area contributed by atoms with Gasteiger partial charge in [0.25, 0.3) is 0 Å². The molecule has 2 aromatic rings. The van der Waals surface area contributed by atoms with E-state index in [0.29, 0.717) is 18.4 Å². The van der Waals surface area contributed by atoms with Gasteiger partial charge in [-0.15, -0.1) is 0 Å². The molecular weight excluding hydrogens is 274 g/mol. The van der Waals surface area contributed by atoms with Crippen molar-refractivity contribution in [1.29, 1.82) is 0 Å². The molecule has 0 bridgehead atoms. The average Bonchev–Trinajstić information content (AvgIpc) is 2.90. The highest BCUT2D eigenvalue weighted by molar-refractivity contribution is 7.90. The molecule has 0 aliphatic heterocycles. The van der Waals surface area contributed by atoms with Crippen LogP contribution in [0.1, 0.15) is 35.7 Å². The first-order valence-corrected chi connectivity index (χ1v) is 8.17. The second-order valence-corrected chi connectivity index (χ2v) is 6.56. The summed E-state index contributed by atoms with van der Waals surface area (Å²) in [4.78, 5) is 14.6. The van der Waals surface area contributed by atoms with Crippen LogP contribution in [-0.4, -0.2) is 19.2 Å². The third kappa shape index (κ3) is 3.17. The van der Waals surface area contributed by atoms with Gasteiger partial charge < -0.3 is 4.98 Å². The maximum atomic E-state index is 12.4. The summed E-state index contributed by atoms with van der Waals surface area (Å²) in [5.74, 6) is -0.249. The molecule has 5 heteroatoms. The van der Waals surface area contributed by atoms with Gasteiger partial charge >= 0.3 is 0 Å². The minimum atomic E-state index is -3.54. The molecule has 0 radical (unpaired) electrons. The van der Waals surface area contributed by atoms with Gasteiger partial charge in [0.2, 0.25) is 0 Å². The first-order valence-electron chi connectivity index (χ1n) is 6.52. The molecule has 0 spiro atoms. The molecule has 1 heterocycles. The van der Waals surface area contributed by atoms with E-state index in [2.05, 4.69) is 4.98 Å². The minimum Gasteiger partial charge on any atom is -0.352 e. The number of nitrogens with one attached hydrogen (secondary N) is 1. The number of sulfone groups is 1. The molecular formula is C15H17NO3S. The fraction of sp³-hybridized carbons (Fsp3) is 0.267. The molecule has 4 nitrogen and oxygen atoms in total. The van der Waals surface area contributed by atoms with Gasteiger partial charge in [0, 0.05) is 12.6 Å². The summed E-state index contributed by atoms with van der Waals surface area (Å²) < 4.78 is 24.8. The van der Waals surface area contributed by atoms with Crippen LogP contribution in [0.4, 0.5) is 0 Å². The number of H-pyrrole nitrogens is 1. The Balaban J connectivity index is 2.31. The molecule has 1 aromatic carbocycles. The Morgan fingerprint density at radius 3 is 2.50 bits per heavy atom. The Bertz CT molecular complexity index is 687. The molecule has 0 fully saturated rings. The predicted octanol–water partition coefficient (Wildman–Crippen LogP) is 2.97. The molecule has 0 aliphatic carbocycles. The molecule has 1 N–H and O–H groups in total. The summed E-state index contributed by atoms with van der Waals surface area (Å²) in [5.41, 5.74) is 0.971. The normalized spacial score (nSPS) is 11.4. The van der Waals surface area contributed by atoms with E-state index in [4.69, 9.17) is 0 Å². The Morgan fingerprint density at radius 1 is 1.15 bits per heavy atom. The van der Waals surface area contributed by atoms with Crippen molar-refractivity contribution in [1.82, 2.24) is 4.98 Å². The molecule has 2 rings (SSSR count). The van der Waals surface area contributed by atoms with E-state index in [-0.39, 0.29) is 22.1 Å². The van der Waals surface area contributed by atoms with Crippen LogP contribution in [0, 0.1) is 0 Å². The van der Waals surface area contributed by atoms with Gasteiger partial charge in [-0.05, 0) is 18.1 Å². The highest BCUT2D eigenvalue weighted by atomic mass is 32.2. The van der Waals surface area contributed by atoms with Crippen LogP contribution in [0.2, 0.25) is 0 Å². The maximum absolute atomic E-state index is 12.4.